The van der Waals surface area contributed by atoms with Crippen molar-refractivity contribution >= 4 is 27.3 Å². The summed E-state index contributed by atoms with van der Waals surface area (Å²) in [5, 5.41) is 0. The zero-order valence-electron chi connectivity index (χ0n) is 10.2. The van der Waals surface area contributed by atoms with Crippen LogP contribution in [0.15, 0.2) is 10.5 Å². The van der Waals surface area contributed by atoms with Crippen LogP contribution < -0.4 is 5.73 Å². The van der Waals surface area contributed by atoms with Crippen molar-refractivity contribution in [2.75, 3.05) is 6.54 Å². The van der Waals surface area contributed by atoms with Crippen LogP contribution in [0.2, 0.25) is 0 Å². The minimum absolute atomic E-state index is 0.314. The predicted octanol–water partition coefficient (Wildman–Crippen LogP) is 3.45. The lowest BCUT2D eigenvalue weighted by Gasteiger charge is -2.39. The number of hydrogen-bond donors (Lipinski definition) is 1. The molecular weight excluding hydrogens is 296 g/mol. The van der Waals surface area contributed by atoms with Crippen LogP contribution in [0.3, 0.4) is 0 Å². The highest BCUT2D eigenvalue weighted by atomic mass is 79.9. The van der Waals surface area contributed by atoms with E-state index in [2.05, 4.69) is 33.8 Å². The molecular formula is C13H19BrN2S. The summed E-state index contributed by atoms with van der Waals surface area (Å²) in [6.07, 6.45) is 5.17. The molecule has 1 saturated heterocycles. The second-order valence-corrected chi connectivity index (χ2v) is 7.42. The lowest BCUT2D eigenvalue weighted by atomic mass is 9.95. The van der Waals surface area contributed by atoms with Crippen LogP contribution in [0.5, 0.6) is 0 Å². The second-order valence-electron chi connectivity index (χ2n) is 5.27. The lowest BCUT2D eigenvalue weighted by Crippen LogP contribution is -2.46. The van der Waals surface area contributed by atoms with Crippen molar-refractivity contribution in [3.05, 3.63) is 20.3 Å². The Morgan fingerprint density at radius 1 is 1.41 bits per heavy atom. The van der Waals surface area contributed by atoms with Gasteiger partial charge in [0.2, 0.25) is 0 Å². The SMILES string of the molecule is Cc1sc(C2C(N)CCCN2C2CC2)cc1Br. The molecule has 1 aliphatic carbocycles. The van der Waals surface area contributed by atoms with Gasteiger partial charge < -0.3 is 5.73 Å². The zero-order chi connectivity index (χ0) is 12.0. The number of halogens is 1. The van der Waals surface area contributed by atoms with Gasteiger partial charge in [-0.2, -0.15) is 0 Å². The molecule has 1 saturated carbocycles. The average molecular weight is 315 g/mol. The monoisotopic (exact) mass is 314 g/mol. The summed E-state index contributed by atoms with van der Waals surface area (Å²) in [5.41, 5.74) is 6.38. The number of hydrogen-bond acceptors (Lipinski definition) is 3. The molecule has 0 amide bonds. The molecule has 2 nitrogen and oxygen atoms in total. The molecule has 0 radical (unpaired) electrons. The quantitative estimate of drug-likeness (QED) is 0.906. The number of aryl methyl sites for hydroxylation is 1. The molecule has 94 valence electrons. The Morgan fingerprint density at radius 3 is 2.76 bits per heavy atom. The van der Waals surface area contributed by atoms with E-state index in [0.717, 1.165) is 6.04 Å². The highest BCUT2D eigenvalue weighted by molar-refractivity contribution is 9.10. The molecule has 1 aromatic rings. The van der Waals surface area contributed by atoms with Gasteiger partial charge in [-0.05, 0) is 61.1 Å². The Morgan fingerprint density at radius 2 is 2.18 bits per heavy atom. The van der Waals surface area contributed by atoms with E-state index >= 15 is 0 Å². The topological polar surface area (TPSA) is 29.3 Å². The van der Waals surface area contributed by atoms with Crippen LogP contribution in [0.1, 0.15) is 41.5 Å². The van der Waals surface area contributed by atoms with E-state index in [0.29, 0.717) is 12.1 Å². The van der Waals surface area contributed by atoms with Crippen LogP contribution in [-0.2, 0) is 0 Å². The molecule has 1 aliphatic heterocycles. The molecule has 2 N–H and O–H groups in total. The predicted molar refractivity (Wildman–Crippen MR) is 76.4 cm³/mol. The largest absolute Gasteiger partial charge is 0.326 e. The zero-order valence-corrected chi connectivity index (χ0v) is 12.6. The van der Waals surface area contributed by atoms with E-state index in [4.69, 9.17) is 5.73 Å². The smallest absolute Gasteiger partial charge is 0.0596 e. The first-order valence-electron chi connectivity index (χ1n) is 6.44. The van der Waals surface area contributed by atoms with Crippen molar-refractivity contribution in [2.24, 2.45) is 5.73 Å². The average Bonchev–Trinajstić information content (AvgIpc) is 3.07. The van der Waals surface area contributed by atoms with Gasteiger partial charge in [-0.1, -0.05) is 0 Å². The van der Waals surface area contributed by atoms with E-state index in [1.807, 2.05) is 11.3 Å². The Balaban J connectivity index is 1.90. The Kier molecular flexibility index (Phi) is 3.32. The number of piperidine rings is 1. The first-order valence-corrected chi connectivity index (χ1v) is 8.05. The summed E-state index contributed by atoms with van der Waals surface area (Å²) in [6, 6.07) is 3.87. The van der Waals surface area contributed by atoms with Crippen molar-refractivity contribution < 1.29 is 0 Å². The van der Waals surface area contributed by atoms with Crippen LogP contribution in [-0.4, -0.2) is 23.5 Å². The summed E-state index contributed by atoms with van der Waals surface area (Å²) < 4.78 is 1.24. The Labute approximate surface area is 115 Å². The van der Waals surface area contributed by atoms with Crippen LogP contribution in [0.4, 0.5) is 0 Å². The minimum atomic E-state index is 0.314. The maximum Gasteiger partial charge on any atom is 0.0596 e. The second kappa shape index (κ2) is 4.65. The first-order chi connectivity index (χ1) is 8.16. The third kappa shape index (κ3) is 2.33. The fraction of sp³-hybridized carbons (Fsp3) is 0.692. The molecule has 0 spiro atoms. The summed E-state index contributed by atoms with van der Waals surface area (Å²) in [6.45, 7) is 3.41. The highest BCUT2D eigenvalue weighted by Crippen LogP contribution is 2.42. The van der Waals surface area contributed by atoms with E-state index in [-0.39, 0.29) is 0 Å². The van der Waals surface area contributed by atoms with Gasteiger partial charge in [0.05, 0.1) is 6.04 Å². The van der Waals surface area contributed by atoms with Crippen molar-refractivity contribution in [1.82, 2.24) is 4.90 Å². The van der Waals surface area contributed by atoms with E-state index < -0.39 is 0 Å². The molecule has 2 aliphatic rings. The van der Waals surface area contributed by atoms with Crippen molar-refractivity contribution in [3.8, 4) is 0 Å². The van der Waals surface area contributed by atoms with E-state index in [9.17, 15) is 0 Å². The Hall–Kier alpha value is 0.100. The highest BCUT2D eigenvalue weighted by Gasteiger charge is 2.39. The first kappa shape index (κ1) is 12.2. The van der Waals surface area contributed by atoms with E-state index in [1.54, 1.807) is 0 Å². The number of likely N-dealkylation sites (tertiary alicyclic amines) is 1. The summed E-state index contributed by atoms with van der Waals surface area (Å²) >= 11 is 5.53. The Bertz CT molecular complexity index is 394. The van der Waals surface area contributed by atoms with Gasteiger partial charge in [0.25, 0.3) is 0 Å². The molecule has 2 heterocycles. The van der Waals surface area contributed by atoms with E-state index in [1.165, 1.54) is 46.5 Å². The molecule has 2 unspecified atom stereocenters. The molecule has 17 heavy (non-hydrogen) atoms. The third-order valence-electron chi connectivity index (χ3n) is 3.90. The standard InChI is InChI=1S/C13H19BrN2S/c1-8-10(14)7-12(17-8)13-11(15)3-2-6-16(13)9-4-5-9/h7,9,11,13H,2-6,15H2,1H3. The van der Waals surface area contributed by atoms with Gasteiger partial charge in [-0.3, -0.25) is 4.90 Å². The van der Waals surface area contributed by atoms with Crippen LogP contribution in [0, 0.1) is 6.92 Å². The fourth-order valence-corrected chi connectivity index (χ4v) is 4.63. The molecule has 2 atom stereocenters. The summed E-state index contributed by atoms with van der Waals surface area (Å²) in [7, 11) is 0. The maximum absolute atomic E-state index is 6.38. The normalized spacial score (nSPS) is 30.8. The number of rotatable bonds is 2. The minimum Gasteiger partial charge on any atom is -0.326 e. The van der Waals surface area contributed by atoms with Gasteiger partial charge in [0.15, 0.2) is 0 Å². The summed E-state index contributed by atoms with van der Waals surface area (Å²) in [5.74, 6) is 0. The van der Waals surface area contributed by atoms with Gasteiger partial charge >= 0.3 is 0 Å². The third-order valence-corrected chi connectivity index (χ3v) is 6.11. The van der Waals surface area contributed by atoms with Crippen molar-refractivity contribution in [1.29, 1.82) is 0 Å². The lowest BCUT2D eigenvalue weighted by molar-refractivity contribution is 0.122. The van der Waals surface area contributed by atoms with Crippen molar-refractivity contribution in [3.63, 3.8) is 0 Å². The van der Waals surface area contributed by atoms with Gasteiger partial charge in [0.1, 0.15) is 0 Å². The molecule has 3 rings (SSSR count). The molecule has 2 fully saturated rings. The molecule has 0 bridgehead atoms. The van der Waals surface area contributed by atoms with Gasteiger partial charge in [0, 0.05) is 26.3 Å². The maximum atomic E-state index is 6.38. The van der Waals surface area contributed by atoms with Gasteiger partial charge in [-0.25, -0.2) is 0 Å². The number of nitrogens with two attached hydrogens (primary N) is 1. The molecule has 1 aromatic heterocycles. The van der Waals surface area contributed by atoms with Crippen LogP contribution >= 0.6 is 27.3 Å². The fourth-order valence-electron chi connectivity index (χ4n) is 2.87. The number of thiophene rings is 1. The van der Waals surface area contributed by atoms with Gasteiger partial charge in [-0.15, -0.1) is 11.3 Å². The molecule has 4 heteroatoms. The summed E-state index contributed by atoms with van der Waals surface area (Å²) in [4.78, 5) is 5.48. The molecule has 0 aromatic carbocycles. The van der Waals surface area contributed by atoms with Crippen molar-refractivity contribution in [2.45, 2.75) is 50.7 Å². The van der Waals surface area contributed by atoms with Crippen LogP contribution in [0.25, 0.3) is 0 Å². The number of nitrogens with zero attached hydrogens (tertiary/aromatic N) is 1.